The minimum absolute atomic E-state index is 0.0132. The van der Waals surface area contributed by atoms with Gasteiger partial charge in [0.05, 0.1) is 10.9 Å². The normalized spacial score (nSPS) is 14.6. The molecule has 0 bridgehead atoms. The van der Waals surface area contributed by atoms with Gasteiger partial charge in [-0.25, -0.2) is 14.6 Å². The summed E-state index contributed by atoms with van der Waals surface area (Å²) in [5.74, 6) is 0.947. The summed E-state index contributed by atoms with van der Waals surface area (Å²) in [5.41, 5.74) is 1.70. The Hall–Kier alpha value is -3.11. The van der Waals surface area contributed by atoms with Gasteiger partial charge in [0.15, 0.2) is 0 Å². The maximum absolute atomic E-state index is 12.6. The summed E-state index contributed by atoms with van der Waals surface area (Å²) < 4.78 is 7.28. The van der Waals surface area contributed by atoms with E-state index in [4.69, 9.17) is 4.74 Å². The predicted octanol–water partition coefficient (Wildman–Crippen LogP) is 2.32. The first-order chi connectivity index (χ1) is 15.2. The molecule has 0 unspecified atom stereocenters. The lowest BCUT2D eigenvalue weighted by molar-refractivity contribution is -0.137. The van der Waals surface area contributed by atoms with Crippen LogP contribution in [-0.4, -0.2) is 68.6 Å². The lowest BCUT2D eigenvalue weighted by Crippen LogP contribution is -2.50. The van der Waals surface area contributed by atoms with Crippen LogP contribution in [0.1, 0.15) is 11.8 Å². The molecule has 0 N–H and O–H groups in total. The summed E-state index contributed by atoms with van der Waals surface area (Å²) in [7, 11) is 0. The Morgan fingerprint density at radius 3 is 2.84 bits per heavy atom. The van der Waals surface area contributed by atoms with E-state index in [1.54, 1.807) is 22.3 Å². The van der Waals surface area contributed by atoms with Crippen LogP contribution in [0.2, 0.25) is 0 Å². The van der Waals surface area contributed by atoms with Crippen molar-refractivity contribution in [1.82, 2.24) is 29.9 Å². The molecule has 31 heavy (non-hydrogen) atoms. The number of rotatable bonds is 6. The Kier molecular flexibility index (Phi) is 5.47. The molecule has 1 aliphatic rings. The first-order valence-corrected chi connectivity index (χ1v) is 11.2. The van der Waals surface area contributed by atoms with Crippen molar-refractivity contribution in [2.45, 2.75) is 20.1 Å². The smallest absolute Gasteiger partial charge is 0.248 e. The van der Waals surface area contributed by atoms with Crippen molar-refractivity contribution < 1.29 is 9.53 Å². The summed E-state index contributed by atoms with van der Waals surface area (Å²) in [6.45, 7) is 5.14. The number of hydrogen-bond donors (Lipinski definition) is 0. The third-order valence-electron chi connectivity index (χ3n) is 5.50. The Morgan fingerprint density at radius 1 is 1.16 bits per heavy atom. The van der Waals surface area contributed by atoms with E-state index in [2.05, 4.69) is 38.2 Å². The van der Waals surface area contributed by atoms with E-state index in [9.17, 15) is 4.79 Å². The zero-order valence-corrected chi connectivity index (χ0v) is 18.1. The minimum atomic E-state index is -0.0132. The van der Waals surface area contributed by atoms with Gasteiger partial charge in [0.25, 0.3) is 0 Å². The molecule has 4 heterocycles. The van der Waals surface area contributed by atoms with Gasteiger partial charge in [-0.15, -0.1) is 16.4 Å². The van der Waals surface area contributed by atoms with Crippen LogP contribution in [0.3, 0.4) is 0 Å². The van der Waals surface area contributed by atoms with Gasteiger partial charge in [-0.2, -0.15) is 0 Å². The molecular weight excluding hydrogens is 414 g/mol. The highest BCUT2D eigenvalue weighted by atomic mass is 32.1. The first kappa shape index (κ1) is 19.8. The molecule has 4 aromatic rings. The number of ether oxygens (including phenoxy) is 1. The molecule has 0 saturated carbocycles. The van der Waals surface area contributed by atoms with E-state index in [0.717, 1.165) is 46.6 Å². The van der Waals surface area contributed by atoms with Crippen LogP contribution in [0.4, 0.5) is 5.82 Å². The molecule has 1 aliphatic heterocycles. The van der Waals surface area contributed by atoms with Gasteiger partial charge in [-0.05, 0) is 24.6 Å². The highest BCUT2D eigenvalue weighted by Gasteiger charge is 2.23. The fourth-order valence-electron chi connectivity index (χ4n) is 3.81. The van der Waals surface area contributed by atoms with Gasteiger partial charge in [-0.1, -0.05) is 24.3 Å². The summed E-state index contributed by atoms with van der Waals surface area (Å²) in [4.78, 5) is 28.0. The van der Waals surface area contributed by atoms with Crippen molar-refractivity contribution in [2.24, 2.45) is 0 Å². The van der Waals surface area contributed by atoms with E-state index in [1.165, 1.54) is 4.88 Å². The highest BCUT2D eigenvalue weighted by molar-refractivity contribution is 7.18. The average molecular weight is 438 g/mol. The fourth-order valence-corrected chi connectivity index (χ4v) is 4.74. The SMILES string of the molecule is CCc1cc2c(N3CCN(C(=O)COCn4nnc5ccccc54)CC3)ncnc2s1. The summed E-state index contributed by atoms with van der Waals surface area (Å²) in [6.07, 6.45) is 2.62. The van der Waals surface area contributed by atoms with Gasteiger partial charge in [0.1, 0.15) is 35.8 Å². The second-order valence-corrected chi connectivity index (χ2v) is 8.52. The van der Waals surface area contributed by atoms with E-state index in [0.29, 0.717) is 13.1 Å². The van der Waals surface area contributed by atoms with Crippen molar-refractivity contribution in [3.63, 3.8) is 0 Å². The highest BCUT2D eigenvalue weighted by Crippen LogP contribution is 2.30. The summed E-state index contributed by atoms with van der Waals surface area (Å²) in [6, 6.07) is 9.86. The summed E-state index contributed by atoms with van der Waals surface area (Å²) >= 11 is 1.72. The predicted molar refractivity (Wildman–Crippen MR) is 119 cm³/mol. The van der Waals surface area contributed by atoms with Crippen molar-refractivity contribution in [1.29, 1.82) is 0 Å². The van der Waals surface area contributed by atoms with Crippen LogP contribution < -0.4 is 4.90 Å². The van der Waals surface area contributed by atoms with Gasteiger partial charge in [0.2, 0.25) is 5.91 Å². The van der Waals surface area contributed by atoms with Crippen LogP contribution in [0, 0.1) is 0 Å². The maximum Gasteiger partial charge on any atom is 0.248 e. The number of hydrogen-bond acceptors (Lipinski definition) is 8. The Bertz CT molecular complexity index is 1210. The van der Waals surface area contributed by atoms with E-state index >= 15 is 0 Å². The monoisotopic (exact) mass is 437 g/mol. The van der Waals surface area contributed by atoms with Gasteiger partial charge in [-0.3, -0.25) is 4.79 Å². The van der Waals surface area contributed by atoms with Crippen LogP contribution in [0.25, 0.3) is 21.3 Å². The third kappa shape index (κ3) is 3.96. The van der Waals surface area contributed by atoms with Crippen LogP contribution >= 0.6 is 11.3 Å². The van der Waals surface area contributed by atoms with Crippen LogP contribution in [0.5, 0.6) is 0 Å². The molecule has 3 aromatic heterocycles. The molecule has 1 aromatic carbocycles. The number of anilines is 1. The topological polar surface area (TPSA) is 89.3 Å². The standard InChI is InChI=1S/C21H23N7O2S/c1-2-15-11-16-20(22-13-23-21(16)31-15)27-9-7-26(8-10-27)19(29)12-30-14-28-18-6-4-3-5-17(18)24-25-28/h3-6,11,13H,2,7-10,12,14H2,1H3. The van der Waals surface area contributed by atoms with Crippen molar-refractivity contribution in [3.8, 4) is 0 Å². The van der Waals surface area contributed by atoms with E-state index in [1.807, 2.05) is 29.2 Å². The molecular formula is C21H23N7O2S. The zero-order chi connectivity index (χ0) is 21.2. The maximum atomic E-state index is 12.6. The molecule has 1 saturated heterocycles. The Balaban J connectivity index is 1.16. The molecule has 5 rings (SSSR count). The molecule has 9 nitrogen and oxygen atoms in total. The number of nitrogens with zero attached hydrogens (tertiary/aromatic N) is 7. The molecule has 0 radical (unpaired) electrons. The van der Waals surface area contributed by atoms with Gasteiger partial charge < -0.3 is 14.5 Å². The fraction of sp³-hybridized carbons (Fsp3) is 0.381. The second kappa shape index (κ2) is 8.56. The molecule has 10 heteroatoms. The quantitative estimate of drug-likeness (QED) is 0.457. The number of benzene rings is 1. The lowest BCUT2D eigenvalue weighted by atomic mass is 10.2. The number of piperazine rings is 1. The van der Waals surface area contributed by atoms with Gasteiger partial charge in [0, 0.05) is 31.1 Å². The van der Waals surface area contributed by atoms with Crippen molar-refractivity contribution >= 4 is 44.3 Å². The van der Waals surface area contributed by atoms with Crippen molar-refractivity contribution in [2.75, 3.05) is 37.7 Å². The Labute approximate surface area is 183 Å². The van der Waals surface area contributed by atoms with Crippen LogP contribution in [0.15, 0.2) is 36.7 Å². The molecule has 1 amide bonds. The number of fused-ring (bicyclic) bond motifs is 2. The van der Waals surface area contributed by atoms with Crippen LogP contribution in [-0.2, 0) is 22.7 Å². The number of aromatic nitrogens is 5. The average Bonchev–Trinajstić information content (AvgIpc) is 3.43. The molecule has 0 spiro atoms. The molecule has 0 aliphatic carbocycles. The lowest BCUT2D eigenvalue weighted by Gasteiger charge is -2.35. The zero-order valence-electron chi connectivity index (χ0n) is 17.3. The minimum Gasteiger partial charge on any atom is -0.352 e. The largest absolute Gasteiger partial charge is 0.352 e. The number of carbonyl (C=O) groups is 1. The molecule has 160 valence electrons. The molecule has 0 atom stereocenters. The number of amides is 1. The molecule has 1 fully saturated rings. The van der Waals surface area contributed by atoms with E-state index < -0.39 is 0 Å². The number of para-hydroxylation sites is 1. The second-order valence-electron chi connectivity index (χ2n) is 7.41. The van der Waals surface area contributed by atoms with Crippen molar-refractivity contribution in [3.05, 3.63) is 41.5 Å². The Morgan fingerprint density at radius 2 is 2.00 bits per heavy atom. The third-order valence-corrected chi connectivity index (χ3v) is 6.69. The van der Waals surface area contributed by atoms with Gasteiger partial charge >= 0.3 is 0 Å². The number of carbonyl (C=O) groups excluding carboxylic acids is 1. The summed E-state index contributed by atoms with van der Waals surface area (Å²) in [5, 5.41) is 9.28. The first-order valence-electron chi connectivity index (χ1n) is 10.3. The van der Waals surface area contributed by atoms with E-state index in [-0.39, 0.29) is 19.2 Å². The number of thiophene rings is 1. The number of aryl methyl sites for hydroxylation is 1.